The van der Waals surface area contributed by atoms with Crippen molar-refractivity contribution in [2.45, 2.75) is 25.5 Å². The fourth-order valence-corrected chi connectivity index (χ4v) is 5.05. The first-order valence-corrected chi connectivity index (χ1v) is 12.0. The lowest BCUT2D eigenvalue weighted by atomic mass is 9.92. The van der Waals surface area contributed by atoms with Gasteiger partial charge in [-0.25, -0.2) is 4.39 Å². The molecule has 11 heteroatoms. The molecular formula is C24H24Cl2FN7O. The molecule has 0 unspecified atom stereocenters. The van der Waals surface area contributed by atoms with Crippen molar-refractivity contribution in [2.75, 3.05) is 31.2 Å². The number of nitrogens with zero attached hydrogens (tertiary/aromatic N) is 5. The summed E-state index contributed by atoms with van der Waals surface area (Å²) in [5.74, 6) is 1.42. The lowest BCUT2D eigenvalue weighted by Crippen LogP contribution is -2.68. The van der Waals surface area contributed by atoms with Gasteiger partial charge in [0.2, 0.25) is 0 Å². The van der Waals surface area contributed by atoms with Gasteiger partial charge in [-0.3, -0.25) is 10.1 Å². The van der Waals surface area contributed by atoms with E-state index < -0.39 is 0 Å². The highest BCUT2D eigenvalue weighted by Crippen LogP contribution is 2.35. The van der Waals surface area contributed by atoms with Crippen LogP contribution in [-0.4, -0.2) is 57.2 Å². The number of ether oxygens (including phenoxy) is 1. The minimum atomic E-state index is -0.383. The van der Waals surface area contributed by atoms with Crippen LogP contribution in [0.1, 0.15) is 25.5 Å². The molecule has 0 bridgehead atoms. The molecule has 1 aliphatic heterocycles. The van der Waals surface area contributed by atoms with Crippen LogP contribution >= 0.6 is 23.2 Å². The van der Waals surface area contributed by atoms with Crippen molar-refractivity contribution in [1.82, 2.24) is 30.7 Å². The highest BCUT2D eigenvalue weighted by Gasteiger charge is 2.39. The number of rotatable bonds is 8. The second kappa shape index (κ2) is 9.56. The molecule has 0 aliphatic carbocycles. The van der Waals surface area contributed by atoms with E-state index in [4.69, 9.17) is 27.9 Å². The summed E-state index contributed by atoms with van der Waals surface area (Å²) in [6.45, 7) is 5.43. The number of alkyl halides is 1. The molecule has 0 spiro atoms. The van der Waals surface area contributed by atoms with Gasteiger partial charge in [-0.1, -0.05) is 23.2 Å². The maximum atomic E-state index is 12.5. The Bertz CT molecular complexity index is 1320. The van der Waals surface area contributed by atoms with Gasteiger partial charge in [0, 0.05) is 43.0 Å². The third-order valence-electron chi connectivity index (χ3n) is 6.09. The zero-order valence-electron chi connectivity index (χ0n) is 19.2. The molecule has 8 nitrogen and oxygen atoms in total. The van der Waals surface area contributed by atoms with Crippen molar-refractivity contribution in [1.29, 1.82) is 0 Å². The van der Waals surface area contributed by atoms with Gasteiger partial charge in [-0.15, -0.1) is 10.2 Å². The van der Waals surface area contributed by atoms with Crippen LogP contribution in [-0.2, 0) is 0 Å². The van der Waals surface area contributed by atoms with Gasteiger partial charge >= 0.3 is 0 Å². The normalized spacial score (nSPS) is 15.7. The van der Waals surface area contributed by atoms with Gasteiger partial charge in [-0.2, -0.15) is 5.10 Å². The average molecular weight is 516 g/mol. The maximum absolute atomic E-state index is 12.5. The summed E-state index contributed by atoms with van der Waals surface area (Å²) in [7, 11) is 0. The number of nitrogens with one attached hydrogen (secondary N) is 2. The molecule has 2 N–H and O–H groups in total. The molecule has 35 heavy (non-hydrogen) atoms. The number of aromatic nitrogens is 5. The first kappa shape index (κ1) is 23.7. The molecule has 4 heterocycles. The van der Waals surface area contributed by atoms with Crippen LogP contribution in [0.4, 0.5) is 10.2 Å². The summed E-state index contributed by atoms with van der Waals surface area (Å²) in [6.07, 6.45) is 2.71. The topological polar surface area (TPSA) is 91.8 Å². The predicted octanol–water partition coefficient (Wildman–Crippen LogP) is 5.00. The number of hydrogen-bond acceptors (Lipinski definition) is 7. The number of fused-ring (bicyclic) bond motifs is 1. The molecule has 1 aliphatic rings. The molecule has 5 rings (SSSR count). The van der Waals surface area contributed by atoms with Crippen molar-refractivity contribution in [3.8, 4) is 17.1 Å². The molecule has 0 saturated carbocycles. The predicted molar refractivity (Wildman–Crippen MR) is 135 cm³/mol. The van der Waals surface area contributed by atoms with E-state index in [9.17, 15) is 4.39 Å². The fourth-order valence-electron chi connectivity index (χ4n) is 4.37. The number of H-pyrrole nitrogens is 1. The quantitative estimate of drug-likeness (QED) is 0.341. The molecule has 182 valence electrons. The third-order valence-corrected chi connectivity index (χ3v) is 6.69. The van der Waals surface area contributed by atoms with Crippen molar-refractivity contribution in [3.63, 3.8) is 0 Å². The monoisotopic (exact) mass is 515 g/mol. The SMILES string of the molecule is C[C@@H](Oc1ccc2[nH]nc(-c3ccc(N4CC(C)(NCCF)C4)nn3)c2c1)c1c(Cl)cncc1Cl. The van der Waals surface area contributed by atoms with Crippen molar-refractivity contribution in [2.24, 2.45) is 0 Å². The van der Waals surface area contributed by atoms with Crippen LogP contribution < -0.4 is 15.0 Å². The molecule has 0 radical (unpaired) electrons. The third kappa shape index (κ3) is 4.76. The second-order valence-electron chi connectivity index (χ2n) is 8.87. The number of aromatic amines is 1. The van der Waals surface area contributed by atoms with Crippen molar-refractivity contribution in [3.05, 3.63) is 58.3 Å². The number of hydrogen-bond donors (Lipinski definition) is 2. The number of halogens is 3. The minimum absolute atomic E-state index is 0.108. The molecular weight excluding hydrogens is 492 g/mol. The highest BCUT2D eigenvalue weighted by molar-refractivity contribution is 6.35. The molecule has 1 saturated heterocycles. The van der Waals surface area contributed by atoms with Crippen molar-refractivity contribution < 1.29 is 9.13 Å². The van der Waals surface area contributed by atoms with Gasteiger partial charge in [0.1, 0.15) is 29.9 Å². The Kier molecular flexibility index (Phi) is 6.48. The number of anilines is 1. The van der Waals surface area contributed by atoms with E-state index in [1.165, 1.54) is 0 Å². The minimum Gasteiger partial charge on any atom is -0.486 e. The van der Waals surface area contributed by atoms with Crippen LogP contribution in [0.5, 0.6) is 5.75 Å². The van der Waals surface area contributed by atoms with Gasteiger partial charge in [0.25, 0.3) is 0 Å². The Morgan fingerprint density at radius 3 is 2.63 bits per heavy atom. The summed E-state index contributed by atoms with van der Waals surface area (Å²) in [5.41, 5.74) is 2.74. The highest BCUT2D eigenvalue weighted by atomic mass is 35.5. The van der Waals surface area contributed by atoms with Gasteiger partial charge in [-0.05, 0) is 44.2 Å². The first-order valence-electron chi connectivity index (χ1n) is 11.2. The molecule has 4 aromatic rings. The van der Waals surface area contributed by atoms with Gasteiger partial charge in [0.05, 0.1) is 21.1 Å². The van der Waals surface area contributed by atoms with E-state index in [-0.39, 0.29) is 18.3 Å². The fraction of sp³-hybridized carbons (Fsp3) is 0.333. The zero-order valence-corrected chi connectivity index (χ0v) is 20.7. The first-order chi connectivity index (χ1) is 16.9. The van der Waals surface area contributed by atoms with E-state index >= 15 is 0 Å². The summed E-state index contributed by atoms with van der Waals surface area (Å²) in [4.78, 5) is 6.10. The van der Waals surface area contributed by atoms with Crippen molar-refractivity contribution >= 4 is 39.9 Å². The lowest BCUT2D eigenvalue weighted by molar-refractivity contribution is 0.227. The summed E-state index contributed by atoms with van der Waals surface area (Å²) in [6, 6.07) is 9.48. The molecule has 1 aromatic carbocycles. The Morgan fingerprint density at radius 1 is 1.17 bits per heavy atom. The summed E-state index contributed by atoms with van der Waals surface area (Å²) in [5, 5.41) is 21.3. The van der Waals surface area contributed by atoms with E-state index in [0.29, 0.717) is 39.3 Å². The number of pyridine rings is 1. The van der Waals surface area contributed by atoms with E-state index in [1.54, 1.807) is 12.4 Å². The van der Waals surface area contributed by atoms with E-state index in [1.807, 2.05) is 37.3 Å². The van der Waals surface area contributed by atoms with E-state index in [0.717, 1.165) is 29.8 Å². The molecule has 1 fully saturated rings. The lowest BCUT2D eigenvalue weighted by Gasteiger charge is -2.49. The van der Waals surface area contributed by atoms with Crippen LogP contribution in [0, 0.1) is 0 Å². The zero-order chi connectivity index (χ0) is 24.6. The summed E-state index contributed by atoms with van der Waals surface area (Å²) < 4.78 is 18.6. The Hall–Kier alpha value is -3.01. The largest absolute Gasteiger partial charge is 0.486 e. The smallest absolute Gasteiger partial charge is 0.151 e. The maximum Gasteiger partial charge on any atom is 0.151 e. The number of benzene rings is 1. The van der Waals surface area contributed by atoms with E-state index in [2.05, 4.69) is 42.5 Å². The Labute approximate surface area is 211 Å². The molecule has 3 aromatic heterocycles. The van der Waals surface area contributed by atoms with Crippen LogP contribution in [0.3, 0.4) is 0 Å². The Balaban J connectivity index is 1.34. The van der Waals surface area contributed by atoms with Crippen LogP contribution in [0.15, 0.2) is 42.7 Å². The molecule has 1 atom stereocenters. The van der Waals surface area contributed by atoms with Crippen LogP contribution in [0.25, 0.3) is 22.3 Å². The van der Waals surface area contributed by atoms with Gasteiger partial charge in [0.15, 0.2) is 5.82 Å². The molecule has 0 amide bonds. The van der Waals surface area contributed by atoms with Gasteiger partial charge < -0.3 is 15.0 Å². The standard InChI is InChI=1S/C24H24Cl2FN7O/c1-14(22-17(25)10-28-11-18(22)26)35-15-3-4-19-16(9-15)23(33-30-19)20-5-6-21(32-31-20)34-12-24(2,13-34)29-8-7-27/h3-6,9-11,14,29H,7-8,12-13H2,1-2H3,(H,30,33)/t14-/m1/s1. The second-order valence-corrected chi connectivity index (χ2v) is 9.68. The average Bonchev–Trinajstić information content (AvgIpc) is 3.24. The Morgan fingerprint density at radius 2 is 1.94 bits per heavy atom. The van der Waals surface area contributed by atoms with Crippen LogP contribution in [0.2, 0.25) is 10.0 Å². The summed E-state index contributed by atoms with van der Waals surface area (Å²) >= 11 is 12.6.